The fraction of sp³-hybridized carbons (Fsp3) is 0.222. The van der Waals surface area contributed by atoms with Gasteiger partial charge in [-0.25, -0.2) is 0 Å². The molecule has 0 heteroatoms. The third-order valence-electron chi connectivity index (χ3n) is 4.18. The van der Waals surface area contributed by atoms with Gasteiger partial charge >= 0.3 is 0 Å². The maximum atomic E-state index is 2.47. The first kappa shape index (κ1) is 10.1. The number of hydrogen-bond donors (Lipinski definition) is 0. The molecule has 0 heterocycles. The molecular weight excluding hydrogens is 216 g/mol. The number of allylic oxidation sites excluding steroid dienone is 2. The van der Waals surface area contributed by atoms with Crippen molar-refractivity contribution in [3.05, 3.63) is 58.5 Å². The number of fused-ring (bicyclic) bond motifs is 3. The summed E-state index contributed by atoms with van der Waals surface area (Å²) in [7, 11) is 0. The topological polar surface area (TPSA) is 0 Å². The van der Waals surface area contributed by atoms with Crippen molar-refractivity contribution >= 4 is 22.9 Å². The van der Waals surface area contributed by atoms with Crippen LogP contribution in [0.3, 0.4) is 0 Å². The van der Waals surface area contributed by atoms with Crippen LogP contribution in [0.25, 0.3) is 22.9 Å². The summed E-state index contributed by atoms with van der Waals surface area (Å²) in [4.78, 5) is 0. The van der Waals surface area contributed by atoms with Gasteiger partial charge < -0.3 is 0 Å². The molecule has 2 aliphatic carbocycles. The lowest BCUT2D eigenvalue weighted by atomic mass is 9.83. The van der Waals surface area contributed by atoms with E-state index in [1.165, 1.54) is 46.0 Å². The predicted molar refractivity (Wildman–Crippen MR) is 77.6 cm³/mol. The van der Waals surface area contributed by atoms with Gasteiger partial charge in [-0.3, -0.25) is 0 Å². The molecule has 0 spiro atoms. The van der Waals surface area contributed by atoms with Crippen molar-refractivity contribution < 1.29 is 0 Å². The summed E-state index contributed by atoms with van der Waals surface area (Å²) in [5.41, 5.74) is 1.53. The minimum atomic E-state index is 0.660. The minimum absolute atomic E-state index is 0.660. The second-order valence-corrected chi connectivity index (χ2v) is 5.38. The molecule has 18 heavy (non-hydrogen) atoms. The summed E-state index contributed by atoms with van der Waals surface area (Å²) in [6, 6.07) is 13.3. The molecule has 1 atom stereocenters. The van der Waals surface area contributed by atoms with E-state index in [1.807, 2.05) is 0 Å². The number of rotatable bonds is 0. The SMILES string of the molecule is C1=C2C=c3cc4ccccc4cc3=CC2CCC1. The summed E-state index contributed by atoms with van der Waals surface area (Å²) < 4.78 is 0. The Morgan fingerprint density at radius 3 is 2.56 bits per heavy atom. The molecule has 0 radical (unpaired) electrons. The van der Waals surface area contributed by atoms with Crippen molar-refractivity contribution in [2.45, 2.75) is 19.3 Å². The fourth-order valence-corrected chi connectivity index (χ4v) is 3.21. The van der Waals surface area contributed by atoms with E-state index < -0.39 is 0 Å². The van der Waals surface area contributed by atoms with Crippen molar-refractivity contribution in [2.24, 2.45) is 5.92 Å². The summed E-state index contributed by atoms with van der Waals surface area (Å²) >= 11 is 0. The second kappa shape index (κ2) is 3.84. The quantitative estimate of drug-likeness (QED) is 0.654. The monoisotopic (exact) mass is 232 g/mol. The molecule has 88 valence electrons. The van der Waals surface area contributed by atoms with Crippen LogP contribution in [0.2, 0.25) is 0 Å². The average molecular weight is 232 g/mol. The second-order valence-electron chi connectivity index (χ2n) is 5.38. The normalized spacial score (nSPS) is 21.3. The molecule has 2 aromatic rings. The Balaban J connectivity index is 2.06. The van der Waals surface area contributed by atoms with Gasteiger partial charge in [-0.2, -0.15) is 0 Å². The van der Waals surface area contributed by atoms with E-state index in [-0.39, 0.29) is 0 Å². The zero-order valence-electron chi connectivity index (χ0n) is 10.4. The van der Waals surface area contributed by atoms with Crippen LogP contribution in [0.15, 0.2) is 48.0 Å². The van der Waals surface area contributed by atoms with Gasteiger partial charge in [0.1, 0.15) is 0 Å². The smallest absolute Gasteiger partial charge is 0.00243 e. The molecule has 0 saturated heterocycles. The average Bonchev–Trinajstić information content (AvgIpc) is 2.42. The molecule has 0 bridgehead atoms. The van der Waals surface area contributed by atoms with Crippen molar-refractivity contribution in [1.29, 1.82) is 0 Å². The van der Waals surface area contributed by atoms with E-state index in [1.54, 1.807) is 0 Å². The Bertz CT molecular complexity index is 762. The van der Waals surface area contributed by atoms with E-state index in [9.17, 15) is 0 Å². The van der Waals surface area contributed by atoms with Crippen LogP contribution in [0.5, 0.6) is 0 Å². The highest BCUT2D eigenvalue weighted by Crippen LogP contribution is 2.28. The van der Waals surface area contributed by atoms with Crippen LogP contribution < -0.4 is 10.4 Å². The lowest BCUT2D eigenvalue weighted by Crippen LogP contribution is -2.30. The lowest BCUT2D eigenvalue weighted by Gasteiger charge is -2.21. The number of hydrogen-bond acceptors (Lipinski definition) is 0. The van der Waals surface area contributed by atoms with Crippen molar-refractivity contribution in [3.63, 3.8) is 0 Å². The summed E-state index contributed by atoms with van der Waals surface area (Å²) in [6.45, 7) is 0. The largest absolute Gasteiger partial charge is 0.0807 e. The van der Waals surface area contributed by atoms with E-state index in [2.05, 4.69) is 54.6 Å². The molecular formula is C18H16. The van der Waals surface area contributed by atoms with Crippen molar-refractivity contribution in [1.82, 2.24) is 0 Å². The molecule has 0 amide bonds. The Morgan fingerprint density at radius 2 is 1.72 bits per heavy atom. The van der Waals surface area contributed by atoms with Gasteiger partial charge in [0.25, 0.3) is 0 Å². The van der Waals surface area contributed by atoms with Crippen LogP contribution in [0.4, 0.5) is 0 Å². The molecule has 2 aromatic carbocycles. The first-order chi connectivity index (χ1) is 8.90. The Labute approximate surface area is 107 Å². The standard InChI is InChI=1S/C18H16/c1-2-6-14-10-18-12-16-8-4-3-7-15(16)11-17(18)9-13(14)5-1/h1-2,5-7,9-12,16H,3-4,8H2. The van der Waals surface area contributed by atoms with E-state index >= 15 is 0 Å². The first-order valence-corrected chi connectivity index (χ1v) is 6.83. The highest BCUT2D eigenvalue weighted by Gasteiger charge is 2.15. The van der Waals surface area contributed by atoms with Crippen LogP contribution in [-0.4, -0.2) is 0 Å². The van der Waals surface area contributed by atoms with Gasteiger partial charge in [0, 0.05) is 5.92 Å². The Kier molecular flexibility index (Phi) is 2.16. The number of benzene rings is 2. The van der Waals surface area contributed by atoms with Crippen LogP contribution in [0.1, 0.15) is 19.3 Å². The highest BCUT2D eigenvalue weighted by molar-refractivity contribution is 5.83. The van der Waals surface area contributed by atoms with E-state index in [0.29, 0.717) is 5.92 Å². The molecule has 0 N–H and O–H groups in total. The van der Waals surface area contributed by atoms with Crippen molar-refractivity contribution in [3.8, 4) is 0 Å². The van der Waals surface area contributed by atoms with Crippen LogP contribution >= 0.6 is 0 Å². The molecule has 0 saturated carbocycles. The zero-order valence-corrected chi connectivity index (χ0v) is 10.4. The maximum absolute atomic E-state index is 2.47. The molecule has 0 fully saturated rings. The molecule has 4 rings (SSSR count). The van der Waals surface area contributed by atoms with Crippen molar-refractivity contribution in [2.75, 3.05) is 0 Å². The van der Waals surface area contributed by atoms with Crippen LogP contribution in [-0.2, 0) is 0 Å². The summed E-state index contributed by atoms with van der Waals surface area (Å²) in [5, 5.41) is 5.50. The Morgan fingerprint density at radius 1 is 0.944 bits per heavy atom. The zero-order chi connectivity index (χ0) is 11.9. The first-order valence-electron chi connectivity index (χ1n) is 6.83. The molecule has 1 unspecified atom stereocenters. The minimum Gasteiger partial charge on any atom is -0.0807 e. The van der Waals surface area contributed by atoms with Gasteiger partial charge in [-0.05, 0) is 58.2 Å². The third-order valence-corrected chi connectivity index (χ3v) is 4.18. The summed E-state index contributed by atoms with van der Waals surface area (Å²) in [5.74, 6) is 0.660. The molecule has 2 aliphatic rings. The third kappa shape index (κ3) is 1.53. The lowest BCUT2D eigenvalue weighted by molar-refractivity contribution is 0.634. The predicted octanol–water partition coefficient (Wildman–Crippen LogP) is 3.14. The van der Waals surface area contributed by atoms with Gasteiger partial charge in [0.2, 0.25) is 0 Å². The maximum Gasteiger partial charge on any atom is 0.00243 e. The van der Waals surface area contributed by atoms with Gasteiger partial charge in [-0.1, -0.05) is 42.5 Å². The molecule has 0 nitrogen and oxygen atoms in total. The van der Waals surface area contributed by atoms with E-state index in [0.717, 1.165) is 0 Å². The molecule has 0 aromatic heterocycles. The summed E-state index contributed by atoms with van der Waals surface area (Å²) in [6.07, 6.45) is 11.2. The van der Waals surface area contributed by atoms with Gasteiger partial charge in [0.05, 0.1) is 0 Å². The van der Waals surface area contributed by atoms with E-state index in [4.69, 9.17) is 0 Å². The van der Waals surface area contributed by atoms with Gasteiger partial charge in [0.15, 0.2) is 0 Å². The van der Waals surface area contributed by atoms with Crippen LogP contribution in [0, 0.1) is 5.92 Å². The fourth-order valence-electron chi connectivity index (χ4n) is 3.21. The Hall–Kier alpha value is -1.82. The molecule has 0 aliphatic heterocycles. The highest BCUT2D eigenvalue weighted by atomic mass is 14.2. The van der Waals surface area contributed by atoms with Gasteiger partial charge in [-0.15, -0.1) is 0 Å².